The van der Waals surface area contributed by atoms with Gasteiger partial charge in [0.1, 0.15) is 0 Å². The molecule has 1 N–H and O–H groups in total. The Morgan fingerprint density at radius 2 is 1.97 bits per heavy atom. The molecule has 1 aliphatic rings. The second kappa shape index (κ2) is 8.87. The van der Waals surface area contributed by atoms with Crippen LogP contribution in [-0.4, -0.2) is 39.2 Å². The highest BCUT2D eigenvalue weighted by molar-refractivity contribution is 8.00. The molecule has 9 heteroatoms. The summed E-state index contributed by atoms with van der Waals surface area (Å²) in [5.41, 5.74) is 0.921. The normalized spacial score (nSPS) is 16.3. The van der Waals surface area contributed by atoms with Crippen LogP contribution in [0.3, 0.4) is 0 Å². The molecule has 1 amide bonds. The van der Waals surface area contributed by atoms with Gasteiger partial charge in [0, 0.05) is 23.1 Å². The molecule has 0 saturated carbocycles. The summed E-state index contributed by atoms with van der Waals surface area (Å²) >= 11 is 1.52. The molecule has 3 rings (SSSR count). The molecular formula is C20H22N2O5S2. The van der Waals surface area contributed by atoms with Crippen LogP contribution in [0.1, 0.15) is 19.8 Å². The molecular weight excluding hydrogens is 412 g/mol. The standard InChI is InChI=1S/C20H22N2O5S2/c1-14-12-19(23)21-17-13-16(8-9-18(17)28-14)29(25,26)22(11-10-20(24)27-2)15-6-4-3-5-7-15/h3-9,13-14H,10-12H2,1-2H3,(H,21,23). The fourth-order valence-corrected chi connectivity index (χ4v) is 5.54. The van der Waals surface area contributed by atoms with Crippen molar-refractivity contribution in [3.8, 4) is 0 Å². The van der Waals surface area contributed by atoms with E-state index in [0.717, 1.165) is 4.90 Å². The molecule has 2 aromatic rings. The van der Waals surface area contributed by atoms with Crippen LogP contribution in [0.25, 0.3) is 0 Å². The molecule has 2 aromatic carbocycles. The van der Waals surface area contributed by atoms with E-state index in [1.807, 2.05) is 6.92 Å². The van der Waals surface area contributed by atoms with Gasteiger partial charge in [-0.2, -0.15) is 0 Å². The quantitative estimate of drug-likeness (QED) is 0.702. The van der Waals surface area contributed by atoms with Crippen LogP contribution < -0.4 is 9.62 Å². The number of methoxy groups -OCH3 is 1. The summed E-state index contributed by atoms with van der Waals surface area (Å²) in [4.78, 5) is 24.5. The first kappa shape index (κ1) is 21.2. The first-order valence-electron chi connectivity index (χ1n) is 9.06. The number of thioether (sulfide) groups is 1. The number of sulfonamides is 1. The summed E-state index contributed by atoms with van der Waals surface area (Å²) < 4.78 is 32.6. The van der Waals surface area contributed by atoms with Gasteiger partial charge in [-0.3, -0.25) is 13.9 Å². The number of fused-ring (bicyclic) bond motifs is 1. The minimum atomic E-state index is -3.97. The van der Waals surface area contributed by atoms with Crippen molar-refractivity contribution in [2.45, 2.75) is 34.8 Å². The van der Waals surface area contributed by atoms with Gasteiger partial charge in [0.05, 0.1) is 29.8 Å². The van der Waals surface area contributed by atoms with Gasteiger partial charge < -0.3 is 10.1 Å². The maximum Gasteiger partial charge on any atom is 0.307 e. The number of benzene rings is 2. The third-order valence-electron chi connectivity index (χ3n) is 4.40. The number of carbonyl (C=O) groups excluding carboxylic acids is 2. The van der Waals surface area contributed by atoms with E-state index in [9.17, 15) is 18.0 Å². The zero-order chi connectivity index (χ0) is 21.0. The second-order valence-corrected chi connectivity index (χ2v) is 9.92. The zero-order valence-electron chi connectivity index (χ0n) is 16.1. The number of ether oxygens (including phenoxy) is 1. The van der Waals surface area contributed by atoms with E-state index in [1.165, 1.54) is 35.3 Å². The van der Waals surface area contributed by atoms with Gasteiger partial charge in [-0.05, 0) is 30.3 Å². The van der Waals surface area contributed by atoms with Crippen LogP contribution in [0, 0.1) is 0 Å². The van der Waals surface area contributed by atoms with Gasteiger partial charge >= 0.3 is 5.97 Å². The lowest BCUT2D eigenvalue weighted by Crippen LogP contribution is -2.33. The molecule has 0 saturated heterocycles. The Balaban J connectivity index is 1.99. The summed E-state index contributed by atoms with van der Waals surface area (Å²) in [6, 6.07) is 13.3. The number of anilines is 2. The summed E-state index contributed by atoms with van der Waals surface area (Å²) in [5, 5.41) is 2.88. The molecule has 0 bridgehead atoms. The van der Waals surface area contributed by atoms with Gasteiger partial charge in [-0.1, -0.05) is 25.1 Å². The van der Waals surface area contributed by atoms with Crippen LogP contribution in [0.4, 0.5) is 11.4 Å². The van der Waals surface area contributed by atoms with Crippen molar-refractivity contribution >= 4 is 45.0 Å². The summed E-state index contributed by atoms with van der Waals surface area (Å²) in [6.45, 7) is 1.89. The molecule has 0 aromatic heterocycles. The van der Waals surface area contributed by atoms with Crippen LogP contribution in [0.2, 0.25) is 0 Å². The Morgan fingerprint density at radius 1 is 1.24 bits per heavy atom. The zero-order valence-corrected chi connectivity index (χ0v) is 17.8. The van der Waals surface area contributed by atoms with Crippen molar-refractivity contribution in [2.75, 3.05) is 23.3 Å². The third kappa shape index (κ3) is 4.91. The molecule has 0 fully saturated rings. The second-order valence-electron chi connectivity index (χ2n) is 6.58. The van der Waals surface area contributed by atoms with E-state index in [-0.39, 0.29) is 29.0 Å². The minimum absolute atomic E-state index is 0.0421. The number of hydrogen-bond donors (Lipinski definition) is 1. The van der Waals surface area contributed by atoms with E-state index < -0.39 is 16.0 Å². The highest BCUT2D eigenvalue weighted by atomic mass is 32.2. The molecule has 1 heterocycles. The van der Waals surface area contributed by atoms with E-state index in [0.29, 0.717) is 17.8 Å². The first-order valence-corrected chi connectivity index (χ1v) is 11.4. The Labute approximate surface area is 174 Å². The molecule has 0 radical (unpaired) electrons. The molecule has 0 spiro atoms. The predicted molar refractivity (Wildman–Crippen MR) is 113 cm³/mol. The maximum absolute atomic E-state index is 13.4. The summed E-state index contributed by atoms with van der Waals surface area (Å²) in [5.74, 6) is -0.649. The number of para-hydroxylation sites is 1. The highest BCUT2D eigenvalue weighted by Gasteiger charge is 2.28. The van der Waals surface area contributed by atoms with E-state index >= 15 is 0 Å². The van der Waals surface area contributed by atoms with Crippen molar-refractivity contribution in [1.29, 1.82) is 0 Å². The van der Waals surface area contributed by atoms with Crippen molar-refractivity contribution in [2.24, 2.45) is 0 Å². The number of rotatable bonds is 6. The third-order valence-corrected chi connectivity index (χ3v) is 7.41. The number of esters is 1. The average Bonchev–Trinajstić information content (AvgIpc) is 2.84. The van der Waals surface area contributed by atoms with Crippen molar-refractivity contribution in [3.63, 3.8) is 0 Å². The fourth-order valence-electron chi connectivity index (χ4n) is 3.00. The smallest absolute Gasteiger partial charge is 0.307 e. The number of amides is 1. The Morgan fingerprint density at radius 3 is 2.66 bits per heavy atom. The summed E-state index contributed by atoms with van der Waals surface area (Å²) in [7, 11) is -2.71. The van der Waals surface area contributed by atoms with Crippen molar-refractivity contribution in [1.82, 2.24) is 0 Å². The van der Waals surface area contributed by atoms with Gasteiger partial charge in [0.25, 0.3) is 10.0 Å². The lowest BCUT2D eigenvalue weighted by Gasteiger charge is -2.24. The minimum Gasteiger partial charge on any atom is -0.469 e. The molecule has 7 nitrogen and oxygen atoms in total. The van der Waals surface area contributed by atoms with Crippen LogP contribution in [0.5, 0.6) is 0 Å². The summed E-state index contributed by atoms with van der Waals surface area (Å²) in [6.07, 6.45) is 0.274. The van der Waals surface area contributed by atoms with Crippen LogP contribution in [0.15, 0.2) is 58.3 Å². The number of hydrogen-bond acceptors (Lipinski definition) is 6. The monoisotopic (exact) mass is 434 g/mol. The number of carbonyl (C=O) groups is 2. The molecule has 1 aliphatic heterocycles. The lowest BCUT2D eigenvalue weighted by atomic mass is 10.3. The Kier molecular flexibility index (Phi) is 6.49. The van der Waals surface area contributed by atoms with Crippen LogP contribution >= 0.6 is 11.8 Å². The first-order chi connectivity index (χ1) is 13.8. The van der Waals surface area contributed by atoms with Crippen LogP contribution in [-0.2, 0) is 24.3 Å². The Hall–Kier alpha value is -2.52. The molecule has 1 unspecified atom stereocenters. The predicted octanol–water partition coefficient (Wildman–Crippen LogP) is 3.27. The molecule has 29 heavy (non-hydrogen) atoms. The topological polar surface area (TPSA) is 92.8 Å². The van der Waals surface area contributed by atoms with Gasteiger partial charge in [-0.25, -0.2) is 8.42 Å². The lowest BCUT2D eigenvalue weighted by molar-refractivity contribution is -0.140. The maximum atomic E-state index is 13.4. The van der Waals surface area contributed by atoms with Gasteiger partial charge in [0.15, 0.2) is 0 Å². The SMILES string of the molecule is COC(=O)CCN(c1ccccc1)S(=O)(=O)c1ccc2c(c1)NC(=O)CC(C)S2. The molecule has 1 atom stereocenters. The molecule has 154 valence electrons. The average molecular weight is 435 g/mol. The molecule has 0 aliphatic carbocycles. The van der Waals surface area contributed by atoms with Gasteiger partial charge in [0.2, 0.25) is 5.91 Å². The van der Waals surface area contributed by atoms with Crippen molar-refractivity contribution < 1.29 is 22.7 Å². The van der Waals surface area contributed by atoms with Gasteiger partial charge in [-0.15, -0.1) is 11.8 Å². The van der Waals surface area contributed by atoms with E-state index in [1.54, 1.807) is 36.4 Å². The fraction of sp³-hybridized carbons (Fsp3) is 0.300. The number of nitrogens with one attached hydrogen (secondary N) is 1. The van der Waals surface area contributed by atoms with E-state index in [2.05, 4.69) is 10.1 Å². The van der Waals surface area contributed by atoms with Crippen molar-refractivity contribution in [3.05, 3.63) is 48.5 Å². The van der Waals surface area contributed by atoms with E-state index in [4.69, 9.17) is 0 Å². The largest absolute Gasteiger partial charge is 0.469 e. The highest BCUT2D eigenvalue weighted by Crippen LogP contribution is 2.37. The number of nitrogens with zero attached hydrogens (tertiary/aromatic N) is 1. The Bertz CT molecular complexity index is 1010.